The van der Waals surface area contributed by atoms with Crippen molar-refractivity contribution in [3.05, 3.63) is 0 Å². The lowest BCUT2D eigenvalue weighted by atomic mass is 10.0. The Morgan fingerprint density at radius 2 is 2.33 bits per heavy atom. The van der Waals surface area contributed by atoms with Gasteiger partial charge in [-0.3, -0.25) is 4.79 Å². The molecular weight excluding hydrogens is 190 g/mol. The molecule has 2 unspecified atom stereocenters. The van der Waals surface area contributed by atoms with Crippen LogP contribution in [0.3, 0.4) is 0 Å². The summed E-state index contributed by atoms with van der Waals surface area (Å²) in [6.07, 6.45) is 3.55. The van der Waals surface area contributed by atoms with Gasteiger partial charge in [-0.25, -0.2) is 5.32 Å². The summed E-state index contributed by atoms with van der Waals surface area (Å²) >= 11 is 0. The Morgan fingerprint density at radius 3 is 3.00 bits per heavy atom. The maximum Gasteiger partial charge on any atom is 0.242 e. The number of carbonyl (C=O) groups excluding carboxylic acids is 1. The van der Waals surface area contributed by atoms with E-state index in [9.17, 15) is 4.79 Å². The van der Waals surface area contributed by atoms with Gasteiger partial charge in [-0.1, -0.05) is 0 Å². The molecule has 0 spiro atoms. The van der Waals surface area contributed by atoms with Crippen molar-refractivity contribution in [2.75, 3.05) is 26.2 Å². The van der Waals surface area contributed by atoms with E-state index in [1.54, 1.807) is 0 Å². The standard InChI is InChI=1S/C11H20N3O/c1-9-4-2-3-7-14(9)11(15)10-8-12-5-6-13-10/h9-10,12H,2-8H2,1H3. The lowest BCUT2D eigenvalue weighted by Crippen LogP contribution is -2.56. The van der Waals surface area contributed by atoms with Crippen LogP contribution in [0, 0.1) is 0 Å². The van der Waals surface area contributed by atoms with E-state index in [1.807, 2.05) is 4.90 Å². The molecule has 1 N–H and O–H groups in total. The minimum atomic E-state index is -0.126. The second kappa shape index (κ2) is 4.94. The van der Waals surface area contributed by atoms with Crippen molar-refractivity contribution >= 4 is 5.91 Å². The van der Waals surface area contributed by atoms with E-state index in [0.717, 1.165) is 39.0 Å². The summed E-state index contributed by atoms with van der Waals surface area (Å²) in [5.41, 5.74) is 0. The SMILES string of the molecule is CC1CCCCN1C(=O)C1CNCC[N]1. The molecule has 1 amide bonds. The molecule has 0 aliphatic carbocycles. The van der Waals surface area contributed by atoms with Crippen LogP contribution in [-0.4, -0.2) is 49.1 Å². The highest BCUT2D eigenvalue weighted by Crippen LogP contribution is 2.17. The molecule has 2 aliphatic rings. The van der Waals surface area contributed by atoms with Crippen molar-refractivity contribution in [2.24, 2.45) is 0 Å². The first-order valence-corrected chi connectivity index (χ1v) is 5.97. The Hall–Kier alpha value is -0.610. The van der Waals surface area contributed by atoms with Gasteiger partial charge in [0.15, 0.2) is 0 Å². The zero-order valence-electron chi connectivity index (χ0n) is 9.41. The third-order valence-electron chi connectivity index (χ3n) is 3.35. The zero-order valence-corrected chi connectivity index (χ0v) is 9.41. The predicted octanol–water partition coefficient (Wildman–Crippen LogP) is -0.0364. The van der Waals surface area contributed by atoms with E-state index in [1.165, 1.54) is 6.42 Å². The van der Waals surface area contributed by atoms with Crippen molar-refractivity contribution in [1.82, 2.24) is 15.5 Å². The van der Waals surface area contributed by atoms with E-state index >= 15 is 0 Å². The van der Waals surface area contributed by atoms with Gasteiger partial charge >= 0.3 is 0 Å². The quantitative estimate of drug-likeness (QED) is 0.660. The van der Waals surface area contributed by atoms with Gasteiger partial charge in [0, 0.05) is 32.2 Å². The number of hydrogen-bond donors (Lipinski definition) is 1. The van der Waals surface area contributed by atoms with Crippen LogP contribution in [0.1, 0.15) is 26.2 Å². The van der Waals surface area contributed by atoms with E-state index in [2.05, 4.69) is 17.6 Å². The molecule has 0 aromatic carbocycles. The van der Waals surface area contributed by atoms with Crippen molar-refractivity contribution in [2.45, 2.75) is 38.3 Å². The Morgan fingerprint density at radius 1 is 1.47 bits per heavy atom. The van der Waals surface area contributed by atoms with Gasteiger partial charge < -0.3 is 10.2 Å². The highest BCUT2D eigenvalue weighted by atomic mass is 16.2. The molecule has 2 saturated heterocycles. The molecule has 2 heterocycles. The van der Waals surface area contributed by atoms with E-state index < -0.39 is 0 Å². The second-order valence-electron chi connectivity index (χ2n) is 4.50. The number of piperazine rings is 1. The second-order valence-corrected chi connectivity index (χ2v) is 4.50. The Bertz CT molecular complexity index is 226. The van der Waals surface area contributed by atoms with Crippen molar-refractivity contribution in [1.29, 1.82) is 0 Å². The number of rotatable bonds is 1. The maximum atomic E-state index is 12.2. The molecule has 2 rings (SSSR count). The molecule has 4 nitrogen and oxygen atoms in total. The monoisotopic (exact) mass is 210 g/mol. The van der Waals surface area contributed by atoms with Gasteiger partial charge in [-0.2, -0.15) is 0 Å². The first-order valence-electron chi connectivity index (χ1n) is 5.97. The normalized spacial score (nSPS) is 32.7. The van der Waals surface area contributed by atoms with Crippen LogP contribution < -0.4 is 10.6 Å². The summed E-state index contributed by atoms with van der Waals surface area (Å²) < 4.78 is 0. The number of piperidine rings is 1. The lowest BCUT2D eigenvalue weighted by molar-refractivity contribution is -0.137. The Labute approximate surface area is 91.4 Å². The number of hydrogen-bond acceptors (Lipinski definition) is 2. The van der Waals surface area contributed by atoms with Crippen LogP contribution in [0.5, 0.6) is 0 Å². The fourth-order valence-corrected chi connectivity index (χ4v) is 2.39. The number of nitrogens with one attached hydrogen (secondary N) is 1. The third kappa shape index (κ3) is 2.49. The van der Waals surface area contributed by atoms with E-state index in [4.69, 9.17) is 0 Å². The molecule has 2 aliphatic heterocycles. The van der Waals surface area contributed by atoms with Crippen LogP contribution in [0.15, 0.2) is 0 Å². The minimum Gasteiger partial charge on any atom is -0.339 e. The molecule has 0 bridgehead atoms. The van der Waals surface area contributed by atoms with Crippen LogP contribution in [0.4, 0.5) is 0 Å². The minimum absolute atomic E-state index is 0.126. The molecule has 1 radical (unpaired) electrons. The van der Waals surface area contributed by atoms with Crippen LogP contribution in [-0.2, 0) is 4.79 Å². The molecule has 0 saturated carbocycles. The van der Waals surface area contributed by atoms with Gasteiger partial charge in [0.2, 0.25) is 5.91 Å². The number of nitrogens with zero attached hydrogens (tertiary/aromatic N) is 2. The largest absolute Gasteiger partial charge is 0.339 e. The summed E-state index contributed by atoms with van der Waals surface area (Å²) in [6.45, 7) is 5.49. The smallest absolute Gasteiger partial charge is 0.242 e. The van der Waals surface area contributed by atoms with Gasteiger partial charge in [-0.05, 0) is 26.2 Å². The summed E-state index contributed by atoms with van der Waals surface area (Å²) in [4.78, 5) is 14.2. The fourth-order valence-electron chi connectivity index (χ4n) is 2.39. The van der Waals surface area contributed by atoms with Gasteiger partial charge in [0.25, 0.3) is 0 Å². The molecule has 2 fully saturated rings. The topological polar surface area (TPSA) is 46.4 Å². The Kier molecular flexibility index (Phi) is 3.59. The van der Waals surface area contributed by atoms with Crippen LogP contribution >= 0.6 is 0 Å². The van der Waals surface area contributed by atoms with Crippen LogP contribution in [0.2, 0.25) is 0 Å². The van der Waals surface area contributed by atoms with Gasteiger partial charge in [-0.15, -0.1) is 0 Å². The fraction of sp³-hybridized carbons (Fsp3) is 0.909. The van der Waals surface area contributed by atoms with Gasteiger partial charge in [0.05, 0.1) is 0 Å². The van der Waals surface area contributed by atoms with Crippen LogP contribution in [0.25, 0.3) is 0 Å². The average molecular weight is 210 g/mol. The highest BCUT2D eigenvalue weighted by Gasteiger charge is 2.30. The van der Waals surface area contributed by atoms with Crippen molar-refractivity contribution < 1.29 is 4.79 Å². The lowest BCUT2D eigenvalue weighted by Gasteiger charge is -2.36. The molecule has 85 valence electrons. The first kappa shape index (κ1) is 10.9. The van der Waals surface area contributed by atoms with Crippen molar-refractivity contribution in [3.63, 3.8) is 0 Å². The predicted molar refractivity (Wildman–Crippen MR) is 58.7 cm³/mol. The summed E-state index contributed by atoms with van der Waals surface area (Å²) in [6, 6.07) is 0.280. The maximum absolute atomic E-state index is 12.2. The molecule has 0 aromatic rings. The average Bonchev–Trinajstić information content (AvgIpc) is 2.30. The number of likely N-dealkylation sites (tertiary alicyclic amines) is 1. The zero-order chi connectivity index (χ0) is 10.7. The highest BCUT2D eigenvalue weighted by molar-refractivity contribution is 5.82. The summed E-state index contributed by atoms with van der Waals surface area (Å²) in [7, 11) is 0. The molecule has 2 atom stereocenters. The molecule has 0 aromatic heterocycles. The third-order valence-corrected chi connectivity index (χ3v) is 3.35. The first-order chi connectivity index (χ1) is 7.29. The number of amides is 1. The van der Waals surface area contributed by atoms with E-state index in [-0.39, 0.29) is 11.9 Å². The summed E-state index contributed by atoms with van der Waals surface area (Å²) in [5, 5.41) is 7.61. The molecule has 15 heavy (non-hydrogen) atoms. The molecule has 4 heteroatoms. The molecular formula is C11H20N3O. The van der Waals surface area contributed by atoms with Gasteiger partial charge in [0.1, 0.15) is 6.04 Å². The number of carbonyl (C=O) groups is 1. The van der Waals surface area contributed by atoms with Crippen molar-refractivity contribution in [3.8, 4) is 0 Å². The Balaban J connectivity index is 1.92. The van der Waals surface area contributed by atoms with E-state index in [0.29, 0.717) is 6.04 Å². The summed E-state index contributed by atoms with van der Waals surface area (Å²) in [5.74, 6) is 0.231.